The zero-order chi connectivity index (χ0) is 23.4. The molecule has 182 valence electrons. The molecule has 7 nitrogen and oxygen atoms in total. The Labute approximate surface area is 210 Å². The summed E-state index contributed by atoms with van der Waals surface area (Å²) < 4.78 is 17.3. The van der Waals surface area contributed by atoms with Crippen LogP contribution < -0.4 is 19.1 Å². The Bertz CT molecular complexity index is 1180. The van der Waals surface area contributed by atoms with E-state index in [1.54, 1.807) is 24.2 Å². The number of carbonyl (C=O) groups excluding carboxylic acids is 1. The summed E-state index contributed by atoms with van der Waals surface area (Å²) in [6.07, 6.45) is 3.39. The lowest BCUT2D eigenvalue weighted by Crippen LogP contribution is -2.38. The van der Waals surface area contributed by atoms with E-state index < -0.39 is 0 Å². The van der Waals surface area contributed by atoms with Crippen LogP contribution in [-0.2, 0) is 4.79 Å². The predicted molar refractivity (Wildman–Crippen MR) is 140 cm³/mol. The molecule has 1 aliphatic rings. The molecule has 4 rings (SSSR count). The highest BCUT2D eigenvalue weighted by Gasteiger charge is 2.21. The summed E-state index contributed by atoms with van der Waals surface area (Å²) in [5, 5.41) is 0.671. The first kappa shape index (κ1) is 25.8. The summed E-state index contributed by atoms with van der Waals surface area (Å²) in [7, 11) is 1.64. The van der Waals surface area contributed by atoms with Crippen molar-refractivity contribution in [3.63, 3.8) is 0 Å². The van der Waals surface area contributed by atoms with Gasteiger partial charge in [0.1, 0.15) is 11.3 Å². The number of carbonyl (C=O) groups is 1. The normalized spacial score (nSPS) is 12.4. The minimum absolute atomic E-state index is 0. The van der Waals surface area contributed by atoms with Crippen LogP contribution in [0, 0.1) is 6.92 Å². The number of hydrogen-bond acceptors (Lipinski definition) is 7. The zero-order valence-corrected chi connectivity index (χ0v) is 21.5. The SMILES string of the molecule is CCN(CC)CCN(C(=O)C=Cc1ccc2c(c1)OCO2)c1nc2c(OC)ccc(C)c2s1.Cl. The van der Waals surface area contributed by atoms with Gasteiger partial charge in [0.15, 0.2) is 16.6 Å². The predicted octanol–water partition coefficient (Wildman–Crippen LogP) is 5.15. The fourth-order valence-electron chi connectivity index (χ4n) is 3.73. The van der Waals surface area contributed by atoms with E-state index >= 15 is 0 Å². The Balaban J connectivity index is 0.00000324. The van der Waals surface area contributed by atoms with E-state index in [-0.39, 0.29) is 25.1 Å². The summed E-state index contributed by atoms with van der Waals surface area (Å²) in [5.74, 6) is 2.01. The van der Waals surface area contributed by atoms with E-state index in [0.29, 0.717) is 23.2 Å². The van der Waals surface area contributed by atoms with Crippen molar-refractivity contribution >= 4 is 51.1 Å². The molecule has 34 heavy (non-hydrogen) atoms. The van der Waals surface area contributed by atoms with Crippen LogP contribution in [0.2, 0.25) is 0 Å². The monoisotopic (exact) mass is 503 g/mol. The van der Waals surface area contributed by atoms with Crippen molar-refractivity contribution in [3.8, 4) is 17.2 Å². The number of hydrogen-bond donors (Lipinski definition) is 0. The van der Waals surface area contributed by atoms with Gasteiger partial charge in [0.2, 0.25) is 6.79 Å². The third-order valence-electron chi connectivity index (χ3n) is 5.76. The number of methoxy groups -OCH3 is 1. The zero-order valence-electron chi connectivity index (χ0n) is 19.9. The van der Waals surface area contributed by atoms with Crippen molar-refractivity contribution < 1.29 is 19.0 Å². The van der Waals surface area contributed by atoms with E-state index in [4.69, 9.17) is 19.2 Å². The molecule has 0 bridgehead atoms. The van der Waals surface area contributed by atoms with Crippen LogP contribution in [-0.4, -0.2) is 55.9 Å². The maximum Gasteiger partial charge on any atom is 0.252 e. The highest BCUT2D eigenvalue weighted by molar-refractivity contribution is 7.22. The minimum atomic E-state index is -0.115. The fourth-order valence-corrected chi connectivity index (χ4v) is 4.82. The fraction of sp³-hybridized carbons (Fsp3) is 0.360. The van der Waals surface area contributed by atoms with Crippen LogP contribution in [0.1, 0.15) is 25.0 Å². The first-order chi connectivity index (χ1) is 16.0. The van der Waals surface area contributed by atoms with Gasteiger partial charge < -0.3 is 19.1 Å². The molecule has 1 aromatic heterocycles. The first-order valence-corrected chi connectivity index (χ1v) is 11.9. The molecule has 0 N–H and O–H groups in total. The van der Waals surface area contributed by atoms with Gasteiger partial charge in [-0.2, -0.15) is 0 Å². The number of amides is 1. The Kier molecular flexibility index (Phi) is 8.77. The summed E-state index contributed by atoms with van der Waals surface area (Å²) >= 11 is 1.52. The molecule has 1 aliphatic heterocycles. The topological polar surface area (TPSA) is 64.1 Å². The largest absolute Gasteiger partial charge is 0.494 e. The van der Waals surface area contributed by atoms with Gasteiger partial charge in [-0.05, 0) is 55.4 Å². The smallest absolute Gasteiger partial charge is 0.252 e. The molecular weight excluding hydrogens is 474 g/mol. The third-order valence-corrected chi connectivity index (χ3v) is 6.97. The number of aryl methyl sites for hydroxylation is 1. The van der Waals surface area contributed by atoms with E-state index in [2.05, 4.69) is 18.7 Å². The molecule has 0 radical (unpaired) electrons. The molecule has 0 fully saturated rings. The molecule has 2 heterocycles. The number of nitrogens with zero attached hydrogens (tertiary/aromatic N) is 3. The van der Waals surface area contributed by atoms with Crippen LogP contribution in [0.25, 0.3) is 16.3 Å². The minimum Gasteiger partial charge on any atom is -0.494 e. The van der Waals surface area contributed by atoms with Crippen molar-refractivity contribution in [2.75, 3.05) is 45.0 Å². The number of thiazole rings is 1. The van der Waals surface area contributed by atoms with Gasteiger partial charge in [-0.3, -0.25) is 9.69 Å². The average Bonchev–Trinajstić information content (AvgIpc) is 3.48. The second-order valence-corrected chi connectivity index (χ2v) is 8.70. The van der Waals surface area contributed by atoms with Gasteiger partial charge in [-0.15, -0.1) is 12.4 Å². The quantitative estimate of drug-likeness (QED) is 0.376. The van der Waals surface area contributed by atoms with Gasteiger partial charge in [-0.25, -0.2) is 4.98 Å². The Morgan fingerprint density at radius 2 is 1.91 bits per heavy atom. The molecule has 2 aromatic carbocycles. The number of anilines is 1. The summed E-state index contributed by atoms with van der Waals surface area (Å²) in [6, 6.07) is 9.57. The Morgan fingerprint density at radius 3 is 2.65 bits per heavy atom. The number of aromatic nitrogens is 1. The molecule has 3 aromatic rings. The molecular formula is C25H30ClN3O4S. The van der Waals surface area contributed by atoms with Gasteiger partial charge >= 0.3 is 0 Å². The van der Waals surface area contributed by atoms with Gasteiger partial charge in [0, 0.05) is 19.2 Å². The van der Waals surface area contributed by atoms with Crippen LogP contribution in [0.4, 0.5) is 5.13 Å². The standard InChI is InChI=1S/C25H29N3O4S.ClH/c1-5-27(6-2)13-14-28(25-26-23-20(30-4)10-7-17(3)24(23)33-25)22(29)12-9-18-8-11-19-21(15-18)32-16-31-19;/h7-12,15H,5-6,13-14,16H2,1-4H3;1H. The van der Waals surface area contributed by atoms with Gasteiger partial charge in [0.05, 0.1) is 11.8 Å². The van der Waals surface area contributed by atoms with E-state index in [1.807, 2.05) is 37.3 Å². The lowest BCUT2D eigenvalue weighted by molar-refractivity contribution is -0.114. The van der Waals surface area contributed by atoms with E-state index in [9.17, 15) is 4.79 Å². The van der Waals surface area contributed by atoms with Crippen molar-refractivity contribution in [1.29, 1.82) is 0 Å². The molecule has 0 spiro atoms. The van der Waals surface area contributed by atoms with Crippen molar-refractivity contribution in [1.82, 2.24) is 9.88 Å². The number of benzene rings is 2. The number of halogens is 1. The van der Waals surface area contributed by atoms with E-state index in [0.717, 1.165) is 46.7 Å². The average molecular weight is 504 g/mol. The highest BCUT2D eigenvalue weighted by Crippen LogP contribution is 2.37. The van der Waals surface area contributed by atoms with Crippen LogP contribution in [0.3, 0.4) is 0 Å². The lowest BCUT2D eigenvalue weighted by Gasteiger charge is -2.23. The maximum absolute atomic E-state index is 13.4. The Morgan fingerprint density at radius 1 is 1.15 bits per heavy atom. The van der Waals surface area contributed by atoms with Gasteiger partial charge in [-0.1, -0.05) is 37.3 Å². The van der Waals surface area contributed by atoms with Crippen LogP contribution in [0.15, 0.2) is 36.4 Å². The van der Waals surface area contributed by atoms with Crippen molar-refractivity contribution in [2.24, 2.45) is 0 Å². The second-order valence-electron chi connectivity index (χ2n) is 7.72. The summed E-state index contributed by atoms with van der Waals surface area (Å²) in [5.41, 5.74) is 2.78. The lowest BCUT2D eigenvalue weighted by atomic mass is 10.2. The number of fused-ring (bicyclic) bond motifs is 2. The third kappa shape index (κ3) is 5.46. The summed E-state index contributed by atoms with van der Waals surface area (Å²) in [4.78, 5) is 22.2. The van der Waals surface area contributed by atoms with Gasteiger partial charge in [0.25, 0.3) is 5.91 Å². The summed E-state index contributed by atoms with van der Waals surface area (Å²) in [6.45, 7) is 9.70. The number of rotatable bonds is 9. The first-order valence-electron chi connectivity index (χ1n) is 11.1. The molecule has 0 atom stereocenters. The molecule has 0 unspecified atom stereocenters. The van der Waals surface area contributed by atoms with Crippen LogP contribution >= 0.6 is 23.7 Å². The number of likely N-dealkylation sites (N-methyl/N-ethyl adjacent to an activating group) is 1. The maximum atomic E-state index is 13.4. The molecule has 0 saturated carbocycles. The molecule has 1 amide bonds. The van der Waals surface area contributed by atoms with E-state index in [1.165, 1.54) is 11.3 Å². The Hall–Kier alpha value is -2.81. The molecule has 0 saturated heterocycles. The van der Waals surface area contributed by atoms with Crippen LogP contribution in [0.5, 0.6) is 17.2 Å². The molecule has 9 heteroatoms. The highest BCUT2D eigenvalue weighted by atomic mass is 35.5. The van der Waals surface area contributed by atoms with Crippen molar-refractivity contribution in [2.45, 2.75) is 20.8 Å². The van der Waals surface area contributed by atoms with Crippen molar-refractivity contribution in [3.05, 3.63) is 47.5 Å². The number of ether oxygens (including phenoxy) is 3. The second kappa shape index (κ2) is 11.6. The molecule has 0 aliphatic carbocycles.